The van der Waals surface area contributed by atoms with E-state index in [1.807, 2.05) is 0 Å². The molecule has 0 bridgehead atoms. The first-order valence-electron chi connectivity index (χ1n) is 11.2. The van der Waals surface area contributed by atoms with Crippen LogP contribution in [0.25, 0.3) is 10.8 Å². The van der Waals surface area contributed by atoms with Crippen LogP contribution in [0, 0.1) is 11.7 Å². The zero-order chi connectivity index (χ0) is 23.4. The molecule has 1 aliphatic heterocycles. The number of piperidine rings is 1. The maximum absolute atomic E-state index is 13.4. The number of carbonyl (C=O) groups excluding carboxylic acids is 2. The second kappa shape index (κ2) is 9.94. The van der Waals surface area contributed by atoms with E-state index in [0.717, 1.165) is 5.56 Å². The standard InChI is InChI=1S/C25H26FN3O4/c1-2-33-22(30)15-21(16-7-9-18(26)10-8-16)17-11-13-29(14-12-17)25(32)23-19-5-3-4-6-20(19)24(31)28-27-23/h3-10,17,21H,2,11-15H2,1H3,(H,28,31)/t21-/m1/s1. The Morgan fingerprint density at radius 3 is 2.45 bits per heavy atom. The molecule has 4 rings (SSSR count). The number of aromatic nitrogens is 2. The average Bonchev–Trinajstić information content (AvgIpc) is 2.84. The molecule has 1 fully saturated rings. The number of nitrogens with one attached hydrogen (secondary N) is 1. The van der Waals surface area contributed by atoms with E-state index in [2.05, 4.69) is 10.2 Å². The van der Waals surface area contributed by atoms with Crippen molar-refractivity contribution in [3.05, 3.63) is 76.0 Å². The Morgan fingerprint density at radius 1 is 1.12 bits per heavy atom. The van der Waals surface area contributed by atoms with Crippen molar-refractivity contribution in [3.63, 3.8) is 0 Å². The molecule has 0 radical (unpaired) electrons. The van der Waals surface area contributed by atoms with Gasteiger partial charge in [0.25, 0.3) is 11.5 Å². The molecule has 1 saturated heterocycles. The van der Waals surface area contributed by atoms with Gasteiger partial charge in [-0.1, -0.05) is 30.3 Å². The third-order valence-corrected chi connectivity index (χ3v) is 6.28. The maximum atomic E-state index is 13.4. The zero-order valence-corrected chi connectivity index (χ0v) is 18.4. The number of benzene rings is 2. The van der Waals surface area contributed by atoms with Crippen LogP contribution in [0.1, 0.15) is 48.2 Å². The van der Waals surface area contributed by atoms with Crippen molar-refractivity contribution in [3.8, 4) is 0 Å². The summed E-state index contributed by atoms with van der Waals surface area (Å²) in [5.41, 5.74) is 0.787. The molecule has 33 heavy (non-hydrogen) atoms. The molecule has 0 aliphatic carbocycles. The van der Waals surface area contributed by atoms with E-state index in [-0.39, 0.29) is 47.2 Å². The number of rotatable bonds is 6. The third kappa shape index (κ3) is 4.94. The minimum atomic E-state index is -0.332. The smallest absolute Gasteiger partial charge is 0.306 e. The van der Waals surface area contributed by atoms with Gasteiger partial charge in [-0.15, -0.1) is 0 Å². The highest BCUT2D eigenvalue weighted by Crippen LogP contribution is 2.36. The van der Waals surface area contributed by atoms with Gasteiger partial charge in [-0.25, -0.2) is 9.49 Å². The van der Waals surface area contributed by atoms with E-state index >= 15 is 0 Å². The van der Waals surface area contributed by atoms with Crippen molar-refractivity contribution in [2.75, 3.05) is 19.7 Å². The Bertz CT molecular complexity index is 1200. The molecular formula is C25H26FN3O4. The number of hydrogen-bond donors (Lipinski definition) is 1. The van der Waals surface area contributed by atoms with Crippen LogP contribution in [0.5, 0.6) is 0 Å². The SMILES string of the molecule is CCOC(=O)C[C@H](c1ccc(F)cc1)C1CCN(C(=O)c2n[nH]c(=O)c3ccccc23)CC1. The fraction of sp³-hybridized carbons (Fsp3) is 0.360. The highest BCUT2D eigenvalue weighted by Gasteiger charge is 2.32. The molecule has 3 aromatic rings. The Kier molecular flexibility index (Phi) is 6.82. The van der Waals surface area contributed by atoms with Crippen LogP contribution in [0.3, 0.4) is 0 Å². The summed E-state index contributed by atoms with van der Waals surface area (Å²) in [6.07, 6.45) is 1.59. The molecule has 0 unspecified atom stereocenters. The van der Waals surface area contributed by atoms with Crippen molar-refractivity contribution in [2.45, 2.75) is 32.1 Å². The molecule has 1 amide bonds. The second-order valence-electron chi connectivity index (χ2n) is 8.24. The molecule has 1 N–H and O–H groups in total. The normalized spacial score (nSPS) is 15.4. The number of nitrogens with zero attached hydrogens (tertiary/aromatic N) is 2. The highest BCUT2D eigenvalue weighted by molar-refractivity contribution is 6.04. The number of hydrogen-bond acceptors (Lipinski definition) is 5. The number of amides is 1. The molecule has 7 nitrogen and oxygen atoms in total. The van der Waals surface area contributed by atoms with Gasteiger partial charge in [-0.2, -0.15) is 5.10 Å². The van der Waals surface area contributed by atoms with Crippen molar-refractivity contribution in [1.29, 1.82) is 0 Å². The molecule has 8 heteroatoms. The monoisotopic (exact) mass is 451 g/mol. The quantitative estimate of drug-likeness (QED) is 0.578. The van der Waals surface area contributed by atoms with Gasteiger partial charge < -0.3 is 9.64 Å². The molecule has 2 aromatic carbocycles. The predicted molar refractivity (Wildman–Crippen MR) is 121 cm³/mol. The first-order valence-corrected chi connectivity index (χ1v) is 11.2. The van der Waals surface area contributed by atoms with E-state index < -0.39 is 0 Å². The van der Waals surface area contributed by atoms with Gasteiger partial charge in [0.05, 0.1) is 18.4 Å². The lowest BCUT2D eigenvalue weighted by Gasteiger charge is -2.36. The van der Waals surface area contributed by atoms with Crippen LogP contribution < -0.4 is 5.56 Å². The number of carbonyl (C=O) groups is 2. The fourth-order valence-electron chi connectivity index (χ4n) is 4.60. The first-order chi connectivity index (χ1) is 16.0. The van der Waals surface area contributed by atoms with Crippen LogP contribution in [0.15, 0.2) is 53.3 Å². The Balaban J connectivity index is 1.51. The number of halogens is 1. The summed E-state index contributed by atoms with van der Waals surface area (Å²) in [7, 11) is 0. The average molecular weight is 451 g/mol. The summed E-state index contributed by atoms with van der Waals surface area (Å²) in [5, 5.41) is 7.40. The Labute approximate surface area is 190 Å². The van der Waals surface area contributed by atoms with E-state index in [4.69, 9.17) is 4.74 Å². The Morgan fingerprint density at radius 2 is 1.79 bits per heavy atom. The number of ether oxygens (including phenoxy) is 1. The van der Waals surface area contributed by atoms with Crippen LogP contribution >= 0.6 is 0 Å². The minimum absolute atomic E-state index is 0.117. The second-order valence-corrected chi connectivity index (χ2v) is 8.24. The van der Waals surface area contributed by atoms with Crippen molar-refractivity contribution in [2.24, 2.45) is 5.92 Å². The minimum Gasteiger partial charge on any atom is -0.466 e. The number of fused-ring (bicyclic) bond motifs is 1. The van der Waals surface area contributed by atoms with E-state index in [0.29, 0.717) is 43.3 Å². The van der Waals surface area contributed by atoms with Crippen LogP contribution in [-0.2, 0) is 9.53 Å². The van der Waals surface area contributed by atoms with Crippen molar-refractivity contribution >= 4 is 22.6 Å². The third-order valence-electron chi connectivity index (χ3n) is 6.28. The van der Waals surface area contributed by atoms with E-state index in [9.17, 15) is 18.8 Å². The lowest BCUT2D eigenvalue weighted by Crippen LogP contribution is -2.40. The van der Waals surface area contributed by atoms with Crippen LogP contribution in [-0.4, -0.2) is 46.7 Å². The highest BCUT2D eigenvalue weighted by atomic mass is 19.1. The molecule has 1 atom stereocenters. The molecule has 1 aliphatic rings. The lowest BCUT2D eigenvalue weighted by molar-refractivity contribution is -0.144. The number of likely N-dealkylation sites (tertiary alicyclic amines) is 1. The van der Waals surface area contributed by atoms with Gasteiger partial charge >= 0.3 is 5.97 Å². The van der Waals surface area contributed by atoms with Crippen molar-refractivity contribution in [1.82, 2.24) is 15.1 Å². The van der Waals surface area contributed by atoms with E-state index in [1.54, 1.807) is 48.2 Å². The van der Waals surface area contributed by atoms with Crippen LogP contribution in [0.2, 0.25) is 0 Å². The van der Waals surface area contributed by atoms with Gasteiger partial charge in [-0.3, -0.25) is 14.4 Å². The summed E-state index contributed by atoms with van der Waals surface area (Å²) >= 11 is 0. The Hall–Kier alpha value is -3.55. The molecule has 172 valence electrons. The molecule has 0 saturated carbocycles. The topological polar surface area (TPSA) is 92.4 Å². The number of H-pyrrole nitrogens is 1. The van der Waals surface area contributed by atoms with Gasteiger partial charge in [0, 0.05) is 18.5 Å². The predicted octanol–water partition coefficient (Wildman–Crippen LogP) is 3.65. The van der Waals surface area contributed by atoms with E-state index in [1.165, 1.54) is 12.1 Å². The zero-order valence-electron chi connectivity index (χ0n) is 18.4. The molecule has 0 spiro atoms. The maximum Gasteiger partial charge on any atom is 0.306 e. The first kappa shape index (κ1) is 22.6. The lowest BCUT2D eigenvalue weighted by atomic mass is 9.78. The van der Waals surface area contributed by atoms with Gasteiger partial charge in [0.15, 0.2) is 5.69 Å². The summed E-state index contributed by atoms with van der Waals surface area (Å²) in [6, 6.07) is 13.1. The van der Waals surface area contributed by atoms with Crippen molar-refractivity contribution < 1.29 is 18.7 Å². The fourth-order valence-corrected chi connectivity index (χ4v) is 4.60. The number of aromatic amines is 1. The summed E-state index contributed by atoms with van der Waals surface area (Å²) < 4.78 is 18.6. The summed E-state index contributed by atoms with van der Waals surface area (Å²) in [6.45, 7) is 3.07. The summed E-state index contributed by atoms with van der Waals surface area (Å²) in [4.78, 5) is 39.2. The summed E-state index contributed by atoms with van der Waals surface area (Å²) in [5.74, 6) is -0.813. The molecule has 2 heterocycles. The molecular weight excluding hydrogens is 425 g/mol. The van der Waals surface area contributed by atoms with Gasteiger partial charge in [0.2, 0.25) is 0 Å². The van der Waals surface area contributed by atoms with Crippen LogP contribution in [0.4, 0.5) is 4.39 Å². The number of esters is 1. The largest absolute Gasteiger partial charge is 0.466 e. The molecule has 1 aromatic heterocycles. The van der Waals surface area contributed by atoms with Gasteiger partial charge in [0.1, 0.15) is 5.82 Å². The van der Waals surface area contributed by atoms with Gasteiger partial charge in [-0.05, 0) is 55.4 Å².